The lowest BCUT2D eigenvalue weighted by molar-refractivity contribution is -0.870. The Bertz CT molecular complexity index is 807. The van der Waals surface area contributed by atoms with Crippen LogP contribution in [0.25, 0.3) is 0 Å². The molecule has 2 unspecified atom stereocenters. The number of carbonyl (C=O) groups excluding carboxylic acids is 1. The second-order valence-electron chi connectivity index (χ2n) is 16.4. The lowest BCUT2D eigenvalue weighted by Crippen LogP contribution is -2.37. The molecule has 0 aromatic heterocycles. The van der Waals surface area contributed by atoms with Gasteiger partial charge in [0.2, 0.25) is 0 Å². The highest BCUT2D eigenvalue weighted by atomic mass is 31.2. The van der Waals surface area contributed by atoms with E-state index in [0.717, 1.165) is 32.1 Å². The second kappa shape index (κ2) is 37.4. The maximum Gasteiger partial charge on any atom is 0.472 e. The van der Waals surface area contributed by atoms with Crippen molar-refractivity contribution in [1.29, 1.82) is 0 Å². The fourth-order valence-electron chi connectivity index (χ4n) is 6.44. The van der Waals surface area contributed by atoms with Gasteiger partial charge in [-0.2, -0.15) is 0 Å². The van der Waals surface area contributed by atoms with Gasteiger partial charge in [-0.3, -0.25) is 13.8 Å². The molecule has 0 saturated carbocycles. The largest absolute Gasteiger partial charge is 0.472 e. The highest BCUT2D eigenvalue weighted by Crippen LogP contribution is 2.43. The average molecular weight is 763 g/mol. The first-order valence-corrected chi connectivity index (χ1v) is 23.8. The highest BCUT2D eigenvalue weighted by molar-refractivity contribution is 7.47. The normalized spacial score (nSPS) is 13.7. The van der Waals surface area contributed by atoms with Crippen molar-refractivity contribution in [2.45, 2.75) is 219 Å². The van der Waals surface area contributed by atoms with Crippen LogP contribution in [0.4, 0.5) is 0 Å². The van der Waals surface area contributed by atoms with E-state index in [9.17, 15) is 14.3 Å². The van der Waals surface area contributed by atoms with Crippen LogP contribution in [0.5, 0.6) is 0 Å². The number of quaternary nitrogens is 1. The summed E-state index contributed by atoms with van der Waals surface area (Å²) < 4.78 is 34.9. The molecule has 2 atom stereocenters. The molecule has 0 amide bonds. The van der Waals surface area contributed by atoms with Crippen LogP contribution >= 0.6 is 7.82 Å². The second-order valence-corrected chi connectivity index (χ2v) is 17.9. The molecule has 8 nitrogen and oxygen atoms in total. The molecule has 0 spiro atoms. The van der Waals surface area contributed by atoms with E-state index >= 15 is 0 Å². The van der Waals surface area contributed by atoms with Gasteiger partial charge in [-0.05, 0) is 12.8 Å². The van der Waals surface area contributed by atoms with Gasteiger partial charge in [0, 0.05) is 13.0 Å². The highest BCUT2D eigenvalue weighted by Gasteiger charge is 2.26. The lowest BCUT2D eigenvalue weighted by atomic mass is 10.0. The minimum absolute atomic E-state index is 0.0937. The van der Waals surface area contributed by atoms with Crippen molar-refractivity contribution in [2.75, 3.05) is 54.1 Å². The molecule has 0 saturated heterocycles. The SMILES string of the molecule is CCCCCCCCCCCCCCCCCCCCCCC(=O)OC(COCCCCCCCCCCCC)COP(=O)(O)OCC[N+](C)(C)C. The molecule has 0 heterocycles. The Morgan fingerprint density at radius 1 is 0.519 bits per heavy atom. The van der Waals surface area contributed by atoms with E-state index in [4.69, 9.17) is 18.5 Å². The topological polar surface area (TPSA) is 91.3 Å². The third-order valence-corrected chi connectivity index (χ3v) is 10.9. The maximum absolute atomic E-state index is 12.7. The van der Waals surface area contributed by atoms with Gasteiger partial charge < -0.3 is 18.9 Å². The molecule has 0 fully saturated rings. The molecule has 52 heavy (non-hydrogen) atoms. The zero-order chi connectivity index (χ0) is 38.4. The van der Waals surface area contributed by atoms with Crippen LogP contribution in [-0.2, 0) is 27.9 Å². The Hall–Kier alpha value is -0.500. The predicted octanol–water partition coefficient (Wildman–Crippen LogP) is 12.9. The summed E-state index contributed by atoms with van der Waals surface area (Å²) in [4.78, 5) is 22.8. The lowest BCUT2D eigenvalue weighted by Gasteiger charge is -2.24. The van der Waals surface area contributed by atoms with Gasteiger partial charge in [0.1, 0.15) is 19.3 Å². The fraction of sp³-hybridized carbons (Fsp3) is 0.977. The molecule has 9 heteroatoms. The number of hydrogen-bond donors (Lipinski definition) is 1. The number of ether oxygens (including phenoxy) is 2. The fourth-order valence-corrected chi connectivity index (χ4v) is 7.18. The molecule has 0 aliphatic heterocycles. The van der Waals surface area contributed by atoms with Crippen molar-refractivity contribution in [3.05, 3.63) is 0 Å². The van der Waals surface area contributed by atoms with E-state index in [2.05, 4.69) is 13.8 Å². The summed E-state index contributed by atoms with van der Waals surface area (Å²) in [6.07, 6.45) is 38.5. The van der Waals surface area contributed by atoms with Crippen LogP contribution in [0.15, 0.2) is 0 Å². The molecule has 0 aliphatic rings. The number of phosphoric acid groups is 1. The van der Waals surface area contributed by atoms with Crippen molar-refractivity contribution in [2.24, 2.45) is 0 Å². The van der Waals surface area contributed by atoms with Crippen LogP contribution in [0.3, 0.4) is 0 Å². The number of unbranched alkanes of at least 4 members (excludes halogenated alkanes) is 28. The molecular weight excluding hydrogens is 673 g/mol. The van der Waals surface area contributed by atoms with Crippen LogP contribution in [0, 0.1) is 0 Å². The number of hydrogen-bond acceptors (Lipinski definition) is 6. The minimum Gasteiger partial charge on any atom is -0.457 e. The molecule has 0 radical (unpaired) electrons. The Balaban J connectivity index is 4.09. The average Bonchev–Trinajstić information content (AvgIpc) is 3.09. The Kier molecular flexibility index (Phi) is 37.1. The van der Waals surface area contributed by atoms with Crippen LogP contribution in [-0.4, -0.2) is 75.6 Å². The van der Waals surface area contributed by atoms with Gasteiger partial charge in [0.25, 0.3) is 0 Å². The smallest absolute Gasteiger partial charge is 0.457 e. The van der Waals surface area contributed by atoms with Crippen LogP contribution < -0.4 is 0 Å². The van der Waals surface area contributed by atoms with Crippen molar-refractivity contribution in [3.8, 4) is 0 Å². The molecule has 0 aromatic rings. The predicted molar refractivity (Wildman–Crippen MR) is 220 cm³/mol. The van der Waals surface area contributed by atoms with E-state index in [1.54, 1.807) is 0 Å². The van der Waals surface area contributed by atoms with Crippen LogP contribution in [0.2, 0.25) is 0 Å². The van der Waals surface area contributed by atoms with Crippen molar-refractivity contribution in [3.63, 3.8) is 0 Å². The minimum atomic E-state index is -4.26. The first-order chi connectivity index (χ1) is 25.1. The zero-order valence-electron chi connectivity index (χ0n) is 35.3. The van der Waals surface area contributed by atoms with E-state index in [1.165, 1.54) is 161 Å². The molecule has 0 rings (SSSR count). The summed E-state index contributed by atoms with van der Waals surface area (Å²) in [6, 6.07) is 0. The molecule has 0 aromatic carbocycles. The first-order valence-electron chi connectivity index (χ1n) is 22.3. The van der Waals surface area contributed by atoms with E-state index in [0.29, 0.717) is 24.1 Å². The van der Waals surface area contributed by atoms with Gasteiger partial charge in [0.15, 0.2) is 0 Å². The van der Waals surface area contributed by atoms with Gasteiger partial charge >= 0.3 is 13.8 Å². The van der Waals surface area contributed by atoms with Crippen molar-refractivity contribution in [1.82, 2.24) is 0 Å². The van der Waals surface area contributed by atoms with Crippen molar-refractivity contribution >= 4 is 13.8 Å². The van der Waals surface area contributed by atoms with E-state index in [-0.39, 0.29) is 25.8 Å². The Morgan fingerprint density at radius 2 is 0.885 bits per heavy atom. The van der Waals surface area contributed by atoms with Crippen LogP contribution in [0.1, 0.15) is 213 Å². The van der Waals surface area contributed by atoms with Gasteiger partial charge in [-0.15, -0.1) is 0 Å². The van der Waals surface area contributed by atoms with E-state index in [1.807, 2.05) is 21.1 Å². The molecule has 0 aliphatic carbocycles. The number of esters is 1. The number of nitrogens with zero attached hydrogens (tertiary/aromatic N) is 1. The number of likely N-dealkylation sites (N-methyl/N-ethyl adjacent to an activating group) is 1. The number of rotatable bonds is 42. The maximum atomic E-state index is 12.7. The quantitative estimate of drug-likeness (QED) is 0.0286. The summed E-state index contributed by atoms with van der Waals surface area (Å²) in [6.45, 7) is 5.67. The molecule has 312 valence electrons. The van der Waals surface area contributed by atoms with E-state index < -0.39 is 13.9 Å². The summed E-state index contributed by atoms with van der Waals surface area (Å²) >= 11 is 0. The summed E-state index contributed by atoms with van der Waals surface area (Å²) in [7, 11) is 1.68. The standard InChI is InChI=1S/C43H88NO7P/c1-6-8-10-12-14-16-18-19-20-21-22-23-24-25-26-27-28-30-32-34-36-43(45)51-42(41-50-52(46,47)49-39-37-44(3,4)5)40-48-38-35-33-31-29-17-15-13-11-9-7-2/h42H,6-41H2,1-5H3/p+1. The summed E-state index contributed by atoms with van der Waals surface area (Å²) in [5.41, 5.74) is 0. The monoisotopic (exact) mass is 763 g/mol. The first kappa shape index (κ1) is 51.5. The third kappa shape index (κ3) is 40.7. The Morgan fingerprint density at radius 3 is 1.27 bits per heavy atom. The zero-order valence-corrected chi connectivity index (χ0v) is 36.2. The Labute approximate surface area is 323 Å². The molecule has 1 N–H and O–H groups in total. The molecule has 0 bridgehead atoms. The number of phosphoric ester groups is 1. The summed E-state index contributed by atoms with van der Waals surface area (Å²) in [5, 5.41) is 0. The van der Waals surface area contributed by atoms with Crippen molar-refractivity contribution < 1.29 is 37.3 Å². The van der Waals surface area contributed by atoms with Gasteiger partial charge in [-0.25, -0.2) is 4.57 Å². The molecular formula is C43H89NO7P+. The third-order valence-electron chi connectivity index (χ3n) is 9.92. The summed E-state index contributed by atoms with van der Waals surface area (Å²) in [5.74, 6) is -0.308. The van der Waals surface area contributed by atoms with Gasteiger partial charge in [-0.1, -0.05) is 194 Å². The van der Waals surface area contributed by atoms with Gasteiger partial charge in [0.05, 0.1) is 34.4 Å². The number of carbonyl (C=O) groups is 1.